The molecule has 0 atom stereocenters. The lowest BCUT2D eigenvalue weighted by atomic mass is 10.2. The lowest BCUT2D eigenvalue weighted by molar-refractivity contribution is -0.0352. The van der Waals surface area contributed by atoms with Gasteiger partial charge in [0.1, 0.15) is 5.60 Å². The van der Waals surface area contributed by atoms with E-state index >= 15 is 0 Å². The van der Waals surface area contributed by atoms with Crippen molar-refractivity contribution in [2.45, 2.75) is 45.6 Å². The molecule has 6 heteroatoms. The number of hydrogen-bond acceptors (Lipinski definition) is 4. The van der Waals surface area contributed by atoms with Gasteiger partial charge in [-0.1, -0.05) is 0 Å². The topological polar surface area (TPSA) is 75.9 Å². The van der Waals surface area contributed by atoms with E-state index in [1.165, 1.54) is 10.0 Å². The van der Waals surface area contributed by atoms with E-state index in [4.69, 9.17) is 10.5 Å². The second-order valence-corrected chi connectivity index (χ2v) is 6.71. The van der Waals surface area contributed by atoms with Gasteiger partial charge in [0.25, 0.3) is 5.91 Å². The third-order valence-corrected chi connectivity index (χ3v) is 3.53. The van der Waals surface area contributed by atoms with E-state index < -0.39 is 11.7 Å². The smallest absolute Gasteiger partial charge is 0.429 e. The molecule has 0 bridgehead atoms. The van der Waals surface area contributed by atoms with Gasteiger partial charge < -0.3 is 10.5 Å². The van der Waals surface area contributed by atoms with Crippen LogP contribution in [0, 0.1) is 0 Å². The van der Waals surface area contributed by atoms with Gasteiger partial charge in [0, 0.05) is 24.3 Å². The number of hydrazine groups is 1. The molecule has 0 unspecified atom stereocenters. The first-order valence-corrected chi connectivity index (χ1v) is 7.96. The number of carbonyl (C=O) groups is 2. The van der Waals surface area contributed by atoms with Gasteiger partial charge in [-0.3, -0.25) is 4.79 Å². The Labute approximate surface area is 137 Å². The van der Waals surface area contributed by atoms with Gasteiger partial charge in [-0.05, 0) is 64.3 Å². The maximum Gasteiger partial charge on any atom is 0.429 e. The van der Waals surface area contributed by atoms with Crippen LogP contribution in [0.25, 0.3) is 0 Å². The summed E-state index contributed by atoms with van der Waals surface area (Å²) in [6.07, 6.45) is 2.21. The zero-order valence-electron chi connectivity index (χ0n) is 14.0. The number of anilines is 1. The van der Waals surface area contributed by atoms with Gasteiger partial charge in [0.05, 0.1) is 0 Å². The first kappa shape index (κ1) is 17.1. The van der Waals surface area contributed by atoms with Crippen molar-refractivity contribution >= 4 is 17.7 Å². The summed E-state index contributed by atoms with van der Waals surface area (Å²) in [6.45, 7) is 6.43. The zero-order chi connectivity index (χ0) is 17.0. The maximum atomic E-state index is 12.8. The van der Waals surface area contributed by atoms with Crippen LogP contribution in [0.1, 0.15) is 50.4 Å². The van der Waals surface area contributed by atoms with Crippen LogP contribution in [0.5, 0.6) is 0 Å². The molecule has 1 fully saturated rings. The van der Waals surface area contributed by atoms with Crippen molar-refractivity contribution in [2.24, 2.45) is 0 Å². The van der Waals surface area contributed by atoms with E-state index in [1.807, 2.05) is 20.8 Å². The molecule has 0 spiro atoms. The number of carbonyl (C=O) groups excluding carboxylic acids is 2. The summed E-state index contributed by atoms with van der Waals surface area (Å²) < 4.78 is 5.44. The van der Waals surface area contributed by atoms with E-state index in [-0.39, 0.29) is 5.91 Å². The SMILES string of the molecule is CC(C)(C)OC(=O)N1CCCCCN1C(=O)c1ccc(N)cc1. The van der Waals surface area contributed by atoms with Crippen LogP contribution in [0.15, 0.2) is 24.3 Å². The minimum Gasteiger partial charge on any atom is -0.442 e. The van der Waals surface area contributed by atoms with Gasteiger partial charge in [-0.25, -0.2) is 14.8 Å². The van der Waals surface area contributed by atoms with Crippen molar-refractivity contribution < 1.29 is 14.3 Å². The molecule has 2 N–H and O–H groups in total. The molecule has 1 aliphatic heterocycles. The number of nitrogen functional groups attached to an aromatic ring is 1. The van der Waals surface area contributed by atoms with Crippen LogP contribution in [-0.2, 0) is 4.74 Å². The van der Waals surface area contributed by atoms with E-state index in [9.17, 15) is 9.59 Å². The van der Waals surface area contributed by atoms with Crippen LogP contribution >= 0.6 is 0 Å². The average molecular weight is 319 g/mol. The fourth-order valence-electron chi connectivity index (χ4n) is 2.43. The first-order valence-electron chi connectivity index (χ1n) is 7.96. The molecule has 1 aliphatic rings. The Balaban J connectivity index is 2.22. The largest absolute Gasteiger partial charge is 0.442 e. The molecular weight excluding hydrogens is 294 g/mol. The van der Waals surface area contributed by atoms with Crippen molar-refractivity contribution in [3.05, 3.63) is 29.8 Å². The Bertz CT molecular complexity index is 563. The Morgan fingerprint density at radius 1 is 1.00 bits per heavy atom. The van der Waals surface area contributed by atoms with Crippen LogP contribution < -0.4 is 5.73 Å². The quantitative estimate of drug-likeness (QED) is 0.807. The fraction of sp³-hybridized carbons (Fsp3) is 0.529. The predicted molar refractivity (Wildman–Crippen MR) is 88.7 cm³/mol. The molecule has 1 aromatic carbocycles. The Kier molecular flexibility index (Phi) is 5.13. The van der Waals surface area contributed by atoms with E-state index in [2.05, 4.69) is 0 Å². The number of nitrogens with zero attached hydrogens (tertiary/aromatic N) is 2. The normalized spacial score (nSPS) is 16.0. The number of amides is 2. The van der Waals surface area contributed by atoms with E-state index in [0.29, 0.717) is 24.3 Å². The summed E-state index contributed by atoms with van der Waals surface area (Å²) in [5, 5.41) is 2.92. The number of hydrogen-bond donors (Lipinski definition) is 1. The Morgan fingerprint density at radius 2 is 1.57 bits per heavy atom. The summed E-state index contributed by atoms with van der Waals surface area (Å²) >= 11 is 0. The summed E-state index contributed by atoms with van der Waals surface area (Å²) in [6, 6.07) is 6.72. The second-order valence-electron chi connectivity index (χ2n) is 6.71. The lowest BCUT2D eigenvalue weighted by Gasteiger charge is -2.34. The maximum absolute atomic E-state index is 12.8. The van der Waals surface area contributed by atoms with Crippen molar-refractivity contribution in [3.63, 3.8) is 0 Å². The molecule has 0 radical (unpaired) electrons. The molecule has 1 saturated heterocycles. The Hall–Kier alpha value is -2.24. The van der Waals surface area contributed by atoms with Gasteiger partial charge in [0.2, 0.25) is 0 Å². The predicted octanol–water partition coefficient (Wildman–Crippen LogP) is 3.05. The highest BCUT2D eigenvalue weighted by molar-refractivity contribution is 5.95. The first-order chi connectivity index (χ1) is 10.8. The Morgan fingerprint density at radius 3 is 2.13 bits per heavy atom. The summed E-state index contributed by atoms with van der Waals surface area (Å²) in [4.78, 5) is 25.2. The van der Waals surface area contributed by atoms with E-state index in [1.54, 1.807) is 24.3 Å². The van der Waals surface area contributed by atoms with Crippen LogP contribution in [-0.4, -0.2) is 40.7 Å². The number of benzene rings is 1. The third kappa shape index (κ3) is 4.61. The van der Waals surface area contributed by atoms with Crippen LogP contribution in [0.4, 0.5) is 10.5 Å². The fourth-order valence-corrected chi connectivity index (χ4v) is 2.43. The average Bonchev–Trinajstić information content (AvgIpc) is 2.71. The summed E-state index contributed by atoms with van der Waals surface area (Å²) in [5.74, 6) is -0.210. The molecule has 0 aromatic heterocycles. The van der Waals surface area contributed by atoms with Crippen molar-refractivity contribution in [1.82, 2.24) is 10.0 Å². The monoisotopic (exact) mass is 319 g/mol. The molecule has 0 aliphatic carbocycles. The number of nitrogens with two attached hydrogens (primary N) is 1. The molecule has 2 rings (SSSR count). The van der Waals surface area contributed by atoms with Crippen LogP contribution in [0.3, 0.4) is 0 Å². The molecular formula is C17H25N3O3. The van der Waals surface area contributed by atoms with Gasteiger partial charge in [-0.15, -0.1) is 0 Å². The highest BCUT2D eigenvalue weighted by Gasteiger charge is 2.31. The number of rotatable bonds is 1. The standard InChI is InChI=1S/C17H25N3O3/c1-17(2,3)23-16(22)20-12-6-4-5-11-19(20)15(21)13-7-9-14(18)10-8-13/h7-10H,4-6,11-12,18H2,1-3H3. The second kappa shape index (κ2) is 6.89. The van der Waals surface area contributed by atoms with Gasteiger partial charge in [0.15, 0.2) is 0 Å². The third-order valence-electron chi connectivity index (χ3n) is 3.53. The molecule has 1 aromatic rings. The minimum atomic E-state index is -0.598. The van der Waals surface area contributed by atoms with Crippen molar-refractivity contribution in [2.75, 3.05) is 18.8 Å². The molecule has 1 heterocycles. The zero-order valence-corrected chi connectivity index (χ0v) is 14.0. The van der Waals surface area contributed by atoms with Crippen molar-refractivity contribution in [3.8, 4) is 0 Å². The molecule has 2 amide bonds. The molecule has 0 saturated carbocycles. The molecule has 126 valence electrons. The molecule has 23 heavy (non-hydrogen) atoms. The lowest BCUT2D eigenvalue weighted by Crippen LogP contribution is -2.51. The highest BCUT2D eigenvalue weighted by Crippen LogP contribution is 2.19. The summed E-state index contributed by atoms with van der Waals surface area (Å²) in [7, 11) is 0. The van der Waals surface area contributed by atoms with Crippen LogP contribution in [0.2, 0.25) is 0 Å². The summed E-state index contributed by atoms with van der Waals surface area (Å²) in [5.41, 5.74) is 6.18. The van der Waals surface area contributed by atoms with Gasteiger partial charge >= 0.3 is 6.09 Å². The molecule has 6 nitrogen and oxygen atoms in total. The number of ether oxygens (including phenoxy) is 1. The van der Waals surface area contributed by atoms with Crippen molar-refractivity contribution in [1.29, 1.82) is 0 Å². The highest BCUT2D eigenvalue weighted by atomic mass is 16.6. The van der Waals surface area contributed by atoms with Gasteiger partial charge in [-0.2, -0.15) is 0 Å². The minimum absolute atomic E-state index is 0.210. The van der Waals surface area contributed by atoms with E-state index in [0.717, 1.165) is 19.3 Å².